The van der Waals surface area contributed by atoms with Crippen LogP contribution in [0, 0.1) is 10.8 Å². The summed E-state index contributed by atoms with van der Waals surface area (Å²) in [5.41, 5.74) is 4.02. The molecule has 0 aromatic heterocycles. The molecule has 1 aliphatic heterocycles. The van der Waals surface area contributed by atoms with E-state index in [9.17, 15) is 9.59 Å². The second-order valence-electron chi connectivity index (χ2n) is 10.5. The molecule has 2 aliphatic carbocycles. The maximum Gasteiger partial charge on any atom is 0.162 e. The van der Waals surface area contributed by atoms with Gasteiger partial charge in [-0.3, -0.25) is 9.59 Å². The van der Waals surface area contributed by atoms with Crippen molar-refractivity contribution in [3.63, 3.8) is 0 Å². The van der Waals surface area contributed by atoms with Gasteiger partial charge in [0.15, 0.2) is 11.6 Å². The number of halogens is 1. The van der Waals surface area contributed by atoms with E-state index in [0.717, 1.165) is 45.4 Å². The molecule has 0 radical (unpaired) electrons. The second kappa shape index (κ2) is 7.77. The molecule has 0 fully saturated rings. The smallest absolute Gasteiger partial charge is 0.162 e. The molecule has 5 heteroatoms. The van der Waals surface area contributed by atoms with Gasteiger partial charge in [-0.25, -0.2) is 0 Å². The summed E-state index contributed by atoms with van der Waals surface area (Å²) in [5.74, 6) is 0.505. The lowest BCUT2D eigenvalue weighted by atomic mass is 9.64. The van der Waals surface area contributed by atoms with Gasteiger partial charge in [-0.05, 0) is 41.9 Å². The average Bonchev–Trinajstić information content (AvgIpc) is 2.63. The zero-order valence-electron chi connectivity index (χ0n) is 18.7. The molecule has 0 spiro atoms. The van der Waals surface area contributed by atoms with E-state index in [0.29, 0.717) is 25.2 Å². The minimum Gasteiger partial charge on any atom is -0.489 e. The SMILES string of the molecule is C=CCOc1ccc(Br)cc1C1C2=C(CC(C)(C)CC2=O)NC2=C1C(=O)CC(C)(C)C2. The van der Waals surface area contributed by atoms with Crippen LogP contribution >= 0.6 is 15.9 Å². The van der Waals surface area contributed by atoms with Crippen molar-refractivity contribution >= 4 is 27.5 Å². The summed E-state index contributed by atoms with van der Waals surface area (Å²) in [6.07, 6.45) is 4.22. The van der Waals surface area contributed by atoms with E-state index in [2.05, 4.69) is 55.5 Å². The Kier molecular flexibility index (Phi) is 5.53. The number of hydrogen-bond acceptors (Lipinski definition) is 4. The van der Waals surface area contributed by atoms with Gasteiger partial charge < -0.3 is 10.1 Å². The first kappa shape index (κ1) is 22.1. The molecular formula is C26H30BrNO3. The second-order valence-corrected chi connectivity index (χ2v) is 11.4. The van der Waals surface area contributed by atoms with Crippen molar-refractivity contribution in [2.45, 2.75) is 59.3 Å². The molecule has 1 N–H and O–H groups in total. The van der Waals surface area contributed by atoms with Crippen LogP contribution in [-0.4, -0.2) is 18.2 Å². The van der Waals surface area contributed by atoms with Crippen molar-refractivity contribution in [3.05, 3.63) is 63.4 Å². The largest absolute Gasteiger partial charge is 0.489 e. The lowest BCUT2D eigenvalue weighted by Gasteiger charge is -2.44. The predicted octanol–water partition coefficient (Wildman–Crippen LogP) is 5.99. The third-order valence-electron chi connectivity index (χ3n) is 6.36. The van der Waals surface area contributed by atoms with Crippen molar-refractivity contribution in [3.8, 4) is 5.75 Å². The fraction of sp³-hybridized carbons (Fsp3) is 0.462. The first-order chi connectivity index (χ1) is 14.5. The molecule has 0 saturated carbocycles. The molecule has 31 heavy (non-hydrogen) atoms. The number of ketones is 2. The Balaban J connectivity index is 1.95. The van der Waals surface area contributed by atoms with Crippen LogP contribution in [-0.2, 0) is 9.59 Å². The number of benzene rings is 1. The number of carbonyl (C=O) groups is 2. The number of Topliss-reactive ketones (excluding diaryl/α,β-unsaturated/α-hetero) is 2. The van der Waals surface area contributed by atoms with Crippen LogP contribution in [0.3, 0.4) is 0 Å². The molecule has 4 rings (SSSR count). The first-order valence-corrected chi connectivity index (χ1v) is 11.6. The fourth-order valence-electron chi connectivity index (χ4n) is 5.22. The van der Waals surface area contributed by atoms with Gasteiger partial charge in [0.1, 0.15) is 12.4 Å². The molecular weight excluding hydrogens is 454 g/mol. The highest BCUT2D eigenvalue weighted by molar-refractivity contribution is 9.10. The average molecular weight is 484 g/mol. The molecule has 0 unspecified atom stereocenters. The van der Waals surface area contributed by atoms with Crippen molar-refractivity contribution in [1.82, 2.24) is 5.32 Å². The number of carbonyl (C=O) groups excluding carboxylic acids is 2. The van der Waals surface area contributed by atoms with Gasteiger partial charge in [-0.2, -0.15) is 0 Å². The van der Waals surface area contributed by atoms with Crippen LogP contribution in [0.4, 0.5) is 0 Å². The van der Waals surface area contributed by atoms with Gasteiger partial charge in [0.25, 0.3) is 0 Å². The van der Waals surface area contributed by atoms with E-state index in [-0.39, 0.29) is 22.4 Å². The number of ether oxygens (including phenoxy) is 1. The van der Waals surface area contributed by atoms with Crippen molar-refractivity contribution in [2.24, 2.45) is 10.8 Å². The Bertz CT molecular complexity index is 993. The van der Waals surface area contributed by atoms with E-state index < -0.39 is 5.92 Å². The first-order valence-electron chi connectivity index (χ1n) is 10.8. The summed E-state index contributed by atoms with van der Waals surface area (Å²) in [7, 11) is 0. The third-order valence-corrected chi connectivity index (χ3v) is 6.85. The van der Waals surface area contributed by atoms with E-state index in [1.807, 2.05) is 18.2 Å². The van der Waals surface area contributed by atoms with Gasteiger partial charge in [0.05, 0.1) is 0 Å². The molecule has 1 aromatic rings. The number of hydrogen-bond donors (Lipinski definition) is 1. The molecule has 0 saturated heterocycles. The molecule has 0 atom stereocenters. The summed E-state index contributed by atoms with van der Waals surface area (Å²) in [5, 5.41) is 3.56. The summed E-state index contributed by atoms with van der Waals surface area (Å²) in [4.78, 5) is 26.9. The van der Waals surface area contributed by atoms with E-state index in [1.165, 1.54) is 0 Å². The fourth-order valence-corrected chi connectivity index (χ4v) is 5.60. The van der Waals surface area contributed by atoms with Crippen molar-refractivity contribution < 1.29 is 14.3 Å². The summed E-state index contributed by atoms with van der Waals surface area (Å²) < 4.78 is 6.87. The Morgan fingerprint density at radius 1 is 1.03 bits per heavy atom. The van der Waals surface area contributed by atoms with Crippen LogP contribution in [0.5, 0.6) is 5.75 Å². The Labute approximate surface area is 192 Å². The van der Waals surface area contributed by atoms with Crippen LogP contribution in [0.2, 0.25) is 0 Å². The monoisotopic (exact) mass is 483 g/mol. The number of nitrogens with one attached hydrogen (secondary N) is 1. The van der Waals surface area contributed by atoms with E-state index in [4.69, 9.17) is 4.74 Å². The maximum atomic E-state index is 13.4. The van der Waals surface area contributed by atoms with Crippen molar-refractivity contribution in [1.29, 1.82) is 0 Å². The summed E-state index contributed by atoms with van der Waals surface area (Å²) in [6, 6.07) is 5.81. The highest BCUT2D eigenvalue weighted by atomic mass is 79.9. The van der Waals surface area contributed by atoms with Crippen LogP contribution in [0.25, 0.3) is 0 Å². The Morgan fingerprint density at radius 2 is 1.58 bits per heavy atom. The quantitative estimate of drug-likeness (QED) is 0.534. The van der Waals surface area contributed by atoms with E-state index >= 15 is 0 Å². The number of rotatable bonds is 4. The minimum atomic E-state index is -0.407. The predicted molar refractivity (Wildman–Crippen MR) is 126 cm³/mol. The topological polar surface area (TPSA) is 55.4 Å². The minimum absolute atomic E-state index is 0.112. The van der Waals surface area contributed by atoms with Gasteiger partial charge in [0.2, 0.25) is 0 Å². The van der Waals surface area contributed by atoms with E-state index in [1.54, 1.807) is 6.08 Å². The Morgan fingerprint density at radius 3 is 2.10 bits per heavy atom. The standard InChI is InChI=1S/C26H30BrNO3/c1-6-9-31-21-8-7-15(27)10-16(21)22-23-17(11-25(2,3)13-19(23)29)28-18-12-26(4,5)14-20(30)24(18)22/h6-8,10,22,28H,1,9,11-14H2,2-5H3. The summed E-state index contributed by atoms with van der Waals surface area (Å²) in [6.45, 7) is 12.6. The highest BCUT2D eigenvalue weighted by Crippen LogP contribution is 2.52. The van der Waals surface area contributed by atoms with Crippen LogP contribution in [0.15, 0.2) is 57.9 Å². The number of dihydropyridines is 1. The molecule has 0 bridgehead atoms. The molecule has 3 aliphatic rings. The van der Waals surface area contributed by atoms with Gasteiger partial charge in [-0.1, -0.05) is 56.3 Å². The lowest BCUT2D eigenvalue weighted by Crippen LogP contribution is -2.42. The number of allylic oxidation sites excluding steroid dienone is 4. The molecule has 0 amide bonds. The highest BCUT2D eigenvalue weighted by Gasteiger charge is 2.47. The Hall–Kier alpha value is -2.14. The molecule has 1 heterocycles. The zero-order chi connectivity index (χ0) is 22.6. The lowest BCUT2D eigenvalue weighted by molar-refractivity contribution is -0.119. The molecule has 4 nitrogen and oxygen atoms in total. The zero-order valence-corrected chi connectivity index (χ0v) is 20.3. The van der Waals surface area contributed by atoms with Gasteiger partial charge >= 0.3 is 0 Å². The van der Waals surface area contributed by atoms with Crippen LogP contribution in [0.1, 0.15) is 64.9 Å². The summed E-state index contributed by atoms with van der Waals surface area (Å²) >= 11 is 3.58. The van der Waals surface area contributed by atoms with Crippen molar-refractivity contribution in [2.75, 3.05) is 6.61 Å². The van der Waals surface area contributed by atoms with Gasteiger partial charge in [-0.15, -0.1) is 0 Å². The van der Waals surface area contributed by atoms with Gasteiger partial charge in [0, 0.05) is 51.3 Å². The molecule has 164 valence electrons. The molecule has 1 aromatic carbocycles. The van der Waals surface area contributed by atoms with Crippen LogP contribution < -0.4 is 10.1 Å². The maximum absolute atomic E-state index is 13.4. The normalized spacial score (nSPS) is 22.6. The third kappa shape index (κ3) is 4.17.